The van der Waals surface area contributed by atoms with Crippen molar-refractivity contribution in [1.82, 2.24) is 0 Å². The highest BCUT2D eigenvalue weighted by Gasteiger charge is 2.47. The van der Waals surface area contributed by atoms with Gasteiger partial charge in [0.2, 0.25) is 0 Å². The first-order valence-electron chi connectivity index (χ1n) is 11.5. The smallest absolute Gasteiger partial charge is 0.419 e. The van der Waals surface area contributed by atoms with E-state index < -0.39 is 36.6 Å². The molecule has 1 atom stereocenters. The van der Waals surface area contributed by atoms with Gasteiger partial charge in [0, 0.05) is 5.19 Å². The van der Waals surface area contributed by atoms with Crippen LogP contribution in [-0.2, 0) is 12.3 Å². The summed E-state index contributed by atoms with van der Waals surface area (Å²) >= 11 is 0. The summed E-state index contributed by atoms with van der Waals surface area (Å²) in [6.45, 7) is 11.5. The Bertz CT molecular complexity index is 703. The Balaban J connectivity index is 2.28. The van der Waals surface area contributed by atoms with Gasteiger partial charge in [0.1, 0.15) is 0 Å². The molecule has 2 aromatic rings. The fourth-order valence-electron chi connectivity index (χ4n) is 3.71. The van der Waals surface area contributed by atoms with Crippen LogP contribution in [0, 0.1) is 0 Å². The van der Waals surface area contributed by atoms with Crippen molar-refractivity contribution in [2.24, 2.45) is 0 Å². The van der Waals surface area contributed by atoms with E-state index in [1.807, 2.05) is 0 Å². The molecule has 3 nitrogen and oxygen atoms in total. The van der Waals surface area contributed by atoms with E-state index in [2.05, 4.69) is 94.5 Å². The fourth-order valence-corrected chi connectivity index (χ4v) is 17.6. The maximum atomic E-state index is 7.10. The molecular weight excluding hydrogens is 437 g/mol. The fraction of sp³-hybridized carbons (Fsp3) is 0.478. The summed E-state index contributed by atoms with van der Waals surface area (Å²) in [7, 11) is -6.22. The zero-order chi connectivity index (χ0) is 21.9. The lowest BCUT2D eigenvalue weighted by Crippen LogP contribution is -2.62. The van der Waals surface area contributed by atoms with Crippen molar-refractivity contribution < 1.29 is 12.3 Å². The molecule has 0 fully saturated rings. The molecule has 0 N–H and O–H groups in total. The third-order valence-corrected chi connectivity index (χ3v) is 17.9. The van der Waals surface area contributed by atoms with E-state index in [1.165, 1.54) is 30.5 Å². The van der Waals surface area contributed by atoms with E-state index in [0.29, 0.717) is 5.92 Å². The van der Waals surface area contributed by atoms with Crippen molar-refractivity contribution in [3.05, 3.63) is 66.2 Å². The second-order valence-electron chi connectivity index (χ2n) is 8.70. The van der Waals surface area contributed by atoms with E-state index >= 15 is 0 Å². The monoisotopic (exact) mass is 476 g/mol. The normalized spacial score (nSPS) is 15.8. The number of rotatable bonds is 14. The largest absolute Gasteiger partial charge is 0.504 e. The second kappa shape index (κ2) is 12.9. The van der Waals surface area contributed by atoms with Gasteiger partial charge in [0.15, 0.2) is 27.8 Å². The zero-order valence-electron chi connectivity index (χ0n) is 19.5. The van der Waals surface area contributed by atoms with E-state index in [-0.39, 0.29) is 0 Å². The standard InChI is InChI=1S/C23H40O3Si4/c1-6-18-27-24-30(25-28-19-7-2,23-16-12-9-13-17-23)26-29(4,5)20-21(3)22-14-10-8-11-15-22/h8-17,21H,6-7,18-20,27-28H2,1-5H3. The molecule has 7 heteroatoms. The van der Waals surface area contributed by atoms with Gasteiger partial charge < -0.3 is 12.3 Å². The first-order chi connectivity index (χ1) is 14.4. The quantitative estimate of drug-likeness (QED) is 0.292. The predicted molar refractivity (Wildman–Crippen MR) is 140 cm³/mol. The van der Waals surface area contributed by atoms with Crippen LogP contribution in [0.2, 0.25) is 31.2 Å². The molecule has 2 rings (SSSR count). The highest BCUT2D eigenvalue weighted by molar-refractivity contribution is 6.90. The summed E-state index contributed by atoms with van der Waals surface area (Å²) in [4.78, 5) is 0. The van der Waals surface area contributed by atoms with Crippen molar-refractivity contribution in [2.75, 3.05) is 0 Å². The molecule has 0 spiro atoms. The van der Waals surface area contributed by atoms with Crippen LogP contribution < -0.4 is 5.19 Å². The van der Waals surface area contributed by atoms with Crippen molar-refractivity contribution in [1.29, 1.82) is 0 Å². The molecule has 30 heavy (non-hydrogen) atoms. The first-order valence-corrected chi connectivity index (χ1v) is 19.5. The van der Waals surface area contributed by atoms with E-state index in [0.717, 1.165) is 11.2 Å². The van der Waals surface area contributed by atoms with Gasteiger partial charge in [-0.05, 0) is 42.7 Å². The molecule has 2 aromatic carbocycles. The SMILES string of the molecule is CCC[SiH2]O[Si](O[SiH2]CCC)(O[Si](C)(C)CC(C)c1ccccc1)c1ccccc1. The van der Waals surface area contributed by atoms with Crippen LogP contribution >= 0.6 is 0 Å². The van der Waals surface area contributed by atoms with Gasteiger partial charge in [-0.2, -0.15) is 0 Å². The Hall–Kier alpha value is -0.812. The number of benzene rings is 2. The Morgan fingerprint density at radius 2 is 1.30 bits per heavy atom. The minimum atomic E-state index is -2.86. The van der Waals surface area contributed by atoms with Crippen LogP contribution in [0.25, 0.3) is 0 Å². The summed E-state index contributed by atoms with van der Waals surface area (Å²) in [5.74, 6) is 0.469. The Labute approximate surface area is 190 Å². The average Bonchev–Trinajstić information content (AvgIpc) is 2.74. The minimum Gasteiger partial charge on any atom is -0.419 e. The molecule has 0 saturated heterocycles. The molecule has 0 bridgehead atoms. The third-order valence-electron chi connectivity index (χ3n) is 5.28. The van der Waals surface area contributed by atoms with Crippen LogP contribution in [0.3, 0.4) is 0 Å². The van der Waals surface area contributed by atoms with Gasteiger partial charge in [0.05, 0.1) is 0 Å². The summed E-state index contributed by atoms with van der Waals surface area (Å²) in [5, 5.41) is 1.16. The summed E-state index contributed by atoms with van der Waals surface area (Å²) in [6, 6.07) is 24.8. The maximum absolute atomic E-state index is 7.10. The first kappa shape index (κ1) is 25.4. The molecule has 0 aromatic heterocycles. The lowest BCUT2D eigenvalue weighted by molar-refractivity contribution is 0.288. The van der Waals surface area contributed by atoms with Crippen LogP contribution in [-0.4, -0.2) is 36.6 Å². The van der Waals surface area contributed by atoms with Gasteiger partial charge in [-0.25, -0.2) is 0 Å². The summed E-state index contributed by atoms with van der Waals surface area (Å²) in [5.41, 5.74) is 1.39. The lowest BCUT2D eigenvalue weighted by Gasteiger charge is -2.39. The topological polar surface area (TPSA) is 27.7 Å². The number of hydrogen-bond acceptors (Lipinski definition) is 3. The van der Waals surface area contributed by atoms with Gasteiger partial charge in [0.25, 0.3) is 0 Å². The average molecular weight is 477 g/mol. The van der Waals surface area contributed by atoms with Crippen LogP contribution in [0.1, 0.15) is 45.1 Å². The molecule has 1 unspecified atom stereocenters. The van der Waals surface area contributed by atoms with Crippen LogP contribution in [0.5, 0.6) is 0 Å². The highest BCUT2D eigenvalue weighted by Crippen LogP contribution is 2.29. The molecule has 0 radical (unpaired) electrons. The zero-order valence-corrected chi connectivity index (χ0v) is 24.4. The minimum absolute atomic E-state index is 0.469. The molecule has 0 aliphatic heterocycles. The summed E-state index contributed by atoms with van der Waals surface area (Å²) < 4.78 is 20.6. The van der Waals surface area contributed by atoms with E-state index in [1.54, 1.807) is 0 Å². The molecule has 0 aliphatic carbocycles. The summed E-state index contributed by atoms with van der Waals surface area (Å²) in [6.07, 6.45) is 2.34. The Kier molecular flexibility index (Phi) is 10.9. The van der Waals surface area contributed by atoms with Crippen molar-refractivity contribution in [3.8, 4) is 0 Å². The molecule has 0 amide bonds. The molecule has 0 heterocycles. The van der Waals surface area contributed by atoms with Crippen molar-refractivity contribution in [3.63, 3.8) is 0 Å². The second-order valence-corrected chi connectivity index (χ2v) is 19.7. The molecule has 0 saturated carbocycles. The lowest BCUT2D eigenvalue weighted by atomic mass is 10.0. The molecular formula is C23H40O3Si4. The van der Waals surface area contributed by atoms with E-state index in [9.17, 15) is 0 Å². The van der Waals surface area contributed by atoms with Gasteiger partial charge in [-0.3, -0.25) is 0 Å². The van der Waals surface area contributed by atoms with Gasteiger partial charge in [-0.15, -0.1) is 0 Å². The van der Waals surface area contributed by atoms with Gasteiger partial charge in [-0.1, -0.05) is 94.3 Å². The van der Waals surface area contributed by atoms with E-state index in [4.69, 9.17) is 12.3 Å². The predicted octanol–water partition coefficient (Wildman–Crippen LogP) is 4.72. The van der Waals surface area contributed by atoms with Crippen LogP contribution in [0.15, 0.2) is 60.7 Å². The van der Waals surface area contributed by atoms with Crippen LogP contribution in [0.4, 0.5) is 0 Å². The van der Waals surface area contributed by atoms with Crippen molar-refractivity contribution in [2.45, 2.75) is 70.8 Å². The molecule has 0 aliphatic rings. The third kappa shape index (κ3) is 8.03. The highest BCUT2D eigenvalue weighted by atomic mass is 28.5. The molecule has 166 valence electrons. The maximum Gasteiger partial charge on any atom is 0.504 e. The van der Waals surface area contributed by atoms with Gasteiger partial charge >= 0.3 is 8.80 Å². The number of hydrogen-bond donors (Lipinski definition) is 0. The Morgan fingerprint density at radius 1 is 0.800 bits per heavy atom. The Morgan fingerprint density at radius 3 is 1.80 bits per heavy atom. The van der Waals surface area contributed by atoms with Crippen molar-refractivity contribution >= 4 is 41.8 Å².